The second kappa shape index (κ2) is 19.4. The van der Waals surface area contributed by atoms with Crippen LogP contribution in [0.3, 0.4) is 0 Å². The Morgan fingerprint density at radius 3 is 1.13 bits per heavy atom. The van der Waals surface area contributed by atoms with Gasteiger partial charge in [0.05, 0.1) is 22.1 Å². The van der Waals surface area contributed by atoms with Crippen LogP contribution < -0.4 is 0 Å². The van der Waals surface area contributed by atoms with Gasteiger partial charge in [0.1, 0.15) is 0 Å². The highest BCUT2D eigenvalue weighted by atomic mass is 15.0. The first kappa shape index (κ1) is 46.7. The topological polar surface area (TPSA) is 9.86 Å². The number of hydrogen-bond acceptors (Lipinski definition) is 0. The molecule has 0 bridgehead atoms. The van der Waals surface area contributed by atoms with Crippen LogP contribution in [0.15, 0.2) is 279 Å². The molecule has 0 fully saturated rings. The maximum absolute atomic E-state index is 2.44. The van der Waals surface area contributed by atoms with E-state index in [9.17, 15) is 0 Å². The summed E-state index contributed by atoms with van der Waals surface area (Å²) in [6.07, 6.45) is 0. The lowest BCUT2D eigenvalue weighted by atomic mass is 9.74. The highest BCUT2D eigenvalue weighted by molar-refractivity contribution is 6.13. The van der Waals surface area contributed by atoms with Crippen molar-refractivity contribution in [1.82, 2.24) is 9.13 Å². The molecule has 2 nitrogen and oxygen atoms in total. The molecule has 0 spiro atoms. The van der Waals surface area contributed by atoms with Crippen LogP contribution in [0, 0.1) is 20.8 Å². The minimum absolute atomic E-state index is 0.121. The van der Waals surface area contributed by atoms with Crippen molar-refractivity contribution in [3.05, 3.63) is 312 Å². The molecule has 2 aromatic heterocycles. The van der Waals surface area contributed by atoms with Crippen molar-refractivity contribution in [1.29, 1.82) is 0 Å². The number of nitrogens with zero attached hydrogens (tertiary/aromatic N) is 2. The van der Waals surface area contributed by atoms with Crippen LogP contribution >= 0.6 is 0 Å². The van der Waals surface area contributed by atoms with Crippen molar-refractivity contribution in [2.24, 2.45) is 0 Å². The SMILES string of the molecule is Cc1ccccc1-c1ccccc1C(c1ccccc1-c1ccccc1C)c1cccc(-c2ccc(-n3c4ccccc4c4cc(-c5ccc6c(c5)c5ccccc5n6-c5ccccc5)ccc43)cc2)c1-c1ccccc1C. The first-order valence-corrected chi connectivity index (χ1v) is 27.2. The van der Waals surface area contributed by atoms with Gasteiger partial charge in [-0.05, 0) is 170 Å². The fraction of sp³-hybridized carbons (Fsp3) is 0.0526. The Morgan fingerprint density at radius 2 is 0.615 bits per heavy atom. The lowest BCUT2D eigenvalue weighted by Crippen LogP contribution is -2.10. The first-order chi connectivity index (χ1) is 38.5. The molecule has 0 aliphatic heterocycles. The number of hydrogen-bond donors (Lipinski definition) is 0. The zero-order valence-electron chi connectivity index (χ0n) is 44.0. The van der Waals surface area contributed by atoms with Gasteiger partial charge in [-0.1, -0.05) is 218 Å². The minimum atomic E-state index is -0.121. The summed E-state index contributed by atoms with van der Waals surface area (Å²) in [6, 6.07) is 103. The predicted molar refractivity (Wildman–Crippen MR) is 330 cm³/mol. The molecular formula is C76H56N2. The van der Waals surface area contributed by atoms with E-state index in [1.54, 1.807) is 0 Å². The standard InChI is InChI=1S/C76H56N2/c1-50-22-7-10-27-58(50)62-30-13-15-34-66(62)76(67-35-16-14-31-63(67)59-28-11-8-23-51(59)2)68-37-21-36-61(75(68)60-29-12-9-24-52(60)3)53-40-44-57(45-41-53)78-72-39-20-18-33-65(72)70-49-55(43-47-74(70)78)54-42-46-73-69(48-54)64-32-17-19-38-71(64)77(73)56-25-5-4-6-26-56/h4-49,76H,1-3H3. The van der Waals surface area contributed by atoms with Gasteiger partial charge in [0.15, 0.2) is 0 Å². The van der Waals surface area contributed by atoms with E-state index in [0.29, 0.717) is 0 Å². The fourth-order valence-electron chi connectivity index (χ4n) is 12.7. The molecule has 0 atom stereocenters. The van der Waals surface area contributed by atoms with E-state index < -0.39 is 0 Å². The lowest BCUT2D eigenvalue weighted by molar-refractivity contribution is 0.983. The Labute approximate surface area is 456 Å². The molecule has 2 heteroatoms. The van der Waals surface area contributed by atoms with Crippen molar-refractivity contribution in [2.75, 3.05) is 0 Å². The van der Waals surface area contributed by atoms with Gasteiger partial charge in [0.25, 0.3) is 0 Å². The number of fused-ring (bicyclic) bond motifs is 6. The van der Waals surface area contributed by atoms with E-state index in [0.717, 1.165) is 5.69 Å². The molecule has 78 heavy (non-hydrogen) atoms. The van der Waals surface area contributed by atoms with Crippen molar-refractivity contribution in [3.8, 4) is 67.0 Å². The van der Waals surface area contributed by atoms with Crippen molar-refractivity contribution < 1.29 is 0 Å². The van der Waals surface area contributed by atoms with Gasteiger partial charge in [-0.25, -0.2) is 0 Å². The molecule has 14 aromatic rings. The quantitative estimate of drug-likeness (QED) is 0.121. The van der Waals surface area contributed by atoms with E-state index >= 15 is 0 Å². The van der Waals surface area contributed by atoms with Crippen LogP contribution in [-0.4, -0.2) is 9.13 Å². The summed E-state index contributed by atoms with van der Waals surface area (Å²) in [6.45, 7) is 6.72. The van der Waals surface area contributed by atoms with E-state index in [-0.39, 0.29) is 5.92 Å². The van der Waals surface area contributed by atoms with E-state index in [4.69, 9.17) is 0 Å². The number of para-hydroxylation sites is 3. The largest absolute Gasteiger partial charge is 0.309 e. The molecule has 370 valence electrons. The first-order valence-electron chi connectivity index (χ1n) is 27.2. The summed E-state index contributed by atoms with van der Waals surface area (Å²) in [4.78, 5) is 0. The summed E-state index contributed by atoms with van der Waals surface area (Å²) in [5.74, 6) is -0.121. The second-order valence-electron chi connectivity index (χ2n) is 20.9. The van der Waals surface area contributed by atoms with Crippen molar-refractivity contribution in [2.45, 2.75) is 26.7 Å². The van der Waals surface area contributed by atoms with E-state index in [2.05, 4.69) is 309 Å². The van der Waals surface area contributed by atoms with Gasteiger partial charge in [0, 0.05) is 38.8 Å². The van der Waals surface area contributed by atoms with E-state index in [1.165, 1.54) is 138 Å². The molecule has 0 radical (unpaired) electrons. The lowest BCUT2D eigenvalue weighted by Gasteiger charge is -2.29. The van der Waals surface area contributed by atoms with E-state index in [1.807, 2.05) is 0 Å². The molecule has 14 rings (SSSR count). The summed E-state index contributed by atoms with van der Waals surface area (Å²) in [5.41, 5.74) is 26.9. The number of aromatic nitrogens is 2. The fourth-order valence-corrected chi connectivity index (χ4v) is 12.7. The molecule has 2 heterocycles. The van der Waals surface area contributed by atoms with Gasteiger partial charge < -0.3 is 9.13 Å². The number of benzene rings is 12. The predicted octanol–water partition coefficient (Wildman–Crippen LogP) is 20.3. The van der Waals surface area contributed by atoms with Crippen LogP contribution in [0.2, 0.25) is 0 Å². The average molecular weight is 997 g/mol. The summed E-state index contributed by atoms with van der Waals surface area (Å²) in [7, 11) is 0. The molecule has 12 aromatic carbocycles. The molecule has 0 saturated carbocycles. The molecule has 0 aliphatic carbocycles. The monoisotopic (exact) mass is 996 g/mol. The third kappa shape index (κ3) is 7.87. The Morgan fingerprint density at radius 1 is 0.244 bits per heavy atom. The highest BCUT2D eigenvalue weighted by Crippen LogP contribution is 2.49. The highest BCUT2D eigenvalue weighted by Gasteiger charge is 2.29. The maximum Gasteiger partial charge on any atom is 0.0541 e. The molecule has 0 aliphatic rings. The van der Waals surface area contributed by atoms with Gasteiger partial charge in [-0.2, -0.15) is 0 Å². The number of aryl methyl sites for hydroxylation is 3. The molecule has 0 saturated heterocycles. The van der Waals surface area contributed by atoms with Gasteiger partial charge in [0.2, 0.25) is 0 Å². The average Bonchev–Trinajstić information content (AvgIpc) is 4.13. The molecule has 0 unspecified atom stereocenters. The third-order valence-corrected chi connectivity index (χ3v) is 16.4. The smallest absolute Gasteiger partial charge is 0.0541 e. The zero-order valence-corrected chi connectivity index (χ0v) is 44.0. The molecular weight excluding hydrogens is 941 g/mol. The van der Waals surface area contributed by atoms with Crippen LogP contribution in [0.5, 0.6) is 0 Å². The maximum atomic E-state index is 2.44. The number of rotatable bonds is 10. The van der Waals surface area contributed by atoms with Gasteiger partial charge in [-0.3, -0.25) is 0 Å². The Hall–Kier alpha value is -9.76. The Balaban J connectivity index is 0.921. The van der Waals surface area contributed by atoms with Gasteiger partial charge >= 0.3 is 0 Å². The van der Waals surface area contributed by atoms with Crippen LogP contribution in [0.1, 0.15) is 39.3 Å². The minimum Gasteiger partial charge on any atom is -0.309 e. The normalized spacial score (nSPS) is 11.6. The summed E-state index contributed by atoms with van der Waals surface area (Å²) in [5, 5.41) is 4.97. The molecule has 0 N–H and O–H groups in total. The van der Waals surface area contributed by atoms with Gasteiger partial charge in [-0.15, -0.1) is 0 Å². The van der Waals surface area contributed by atoms with Crippen molar-refractivity contribution >= 4 is 43.6 Å². The summed E-state index contributed by atoms with van der Waals surface area (Å²) < 4.78 is 4.82. The van der Waals surface area contributed by atoms with Crippen LogP contribution in [0.25, 0.3) is 111 Å². The molecule has 0 amide bonds. The Bertz CT molecular complexity index is 4500. The third-order valence-electron chi connectivity index (χ3n) is 16.4. The van der Waals surface area contributed by atoms with Crippen LogP contribution in [-0.2, 0) is 0 Å². The zero-order chi connectivity index (χ0) is 52.3. The van der Waals surface area contributed by atoms with Crippen molar-refractivity contribution in [3.63, 3.8) is 0 Å². The Kier molecular flexibility index (Phi) is 11.6. The van der Waals surface area contributed by atoms with Crippen LogP contribution in [0.4, 0.5) is 0 Å². The second-order valence-corrected chi connectivity index (χ2v) is 20.9. The summed E-state index contributed by atoms with van der Waals surface area (Å²) >= 11 is 0.